The minimum Gasteiger partial charge on any atom is -0.497 e. The van der Waals surface area contributed by atoms with Crippen molar-refractivity contribution in [3.8, 4) is 11.5 Å². The molecule has 0 saturated carbocycles. The van der Waals surface area contributed by atoms with E-state index in [0.717, 1.165) is 12.8 Å². The van der Waals surface area contributed by atoms with E-state index in [4.69, 9.17) is 9.47 Å². The molecule has 132 valence electrons. The van der Waals surface area contributed by atoms with E-state index in [1.165, 1.54) is 24.6 Å². The van der Waals surface area contributed by atoms with Crippen LogP contribution in [0.25, 0.3) is 0 Å². The molecule has 8 heteroatoms. The van der Waals surface area contributed by atoms with Gasteiger partial charge in [0.2, 0.25) is 15.9 Å². The van der Waals surface area contributed by atoms with E-state index in [2.05, 4.69) is 0 Å². The van der Waals surface area contributed by atoms with Crippen LogP contribution in [0.2, 0.25) is 0 Å². The van der Waals surface area contributed by atoms with Gasteiger partial charge in [-0.05, 0) is 31.9 Å². The Bertz CT molecular complexity index is 749. The van der Waals surface area contributed by atoms with Crippen molar-refractivity contribution >= 4 is 15.9 Å². The minimum atomic E-state index is -3.88. The van der Waals surface area contributed by atoms with Crippen molar-refractivity contribution in [2.45, 2.75) is 36.7 Å². The van der Waals surface area contributed by atoms with Crippen molar-refractivity contribution in [2.75, 3.05) is 27.3 Å². The molecule has 7 nitrogen and oxygen atoms in total. The maximum Gasteiger partial charge on any atom is 0.247 e. The fourth-order valence-corrected chi connectivity index (χ4v) is 5.26. The van der Waals surface area contributed by atoms with Gasteiger partial charge < -0.3 is 14.4 Å². The maximum absolute atomic E-state index is 13.2. The summed E-state index contributed by atoms with van der Waals surface area (Å²) in [6.45, 7) is 2.67. The van der Waals surface area contributed by atoms with Crippen LogP contribution in [0.1, 0.15) is 19.8 Å². The summed E-state index contributed by atoms with van der Waals surface area (Å²) in [6, 6.07) is 3.87. The van der Waals surface area contributed by atoms with E-state index in [0.29, 0.717) is 18.8 Å². The molecule has 2 atom stereocenters. The number of hydrogen-bond acceptors (Lipinski definition) is 5. The Morgan fingerprint density at radius 3 is 2.62 bits per heavy atom. The normalized spacial score (nSPS) is 24.8. The van der Waals surface area contributed by atoms with Crippen molar-refractivity contribution in [1.82, 2.24) is 9.21 Å². The summed E-state index contributed by atoms with van der Waals surface area (Å²) >= 11 is 0. The Morgan fingerprint density at radius 1 is 1.21 bits per heavy atom. The predicted octanol–water partition coefficient (Wildman–Crippen LogP) is 1.09. The molecule has 0 bridgehead atoms. The highest BCUT2D eigenvalue weighted by Crippen LogP contribution is 2.34. The van der Waals surface area contributed by atoms with Crippen molar-refractivity contribution in [1.29, 1.82) is 0 Å². The molecule has 1 aromatic rings. The number of piperazine rings is 1. The first-order valence-corrected chi connectivity index (χ1v) is 9.38. The molecular formula is C16H22N2O5S. The molecule has 2 aliphatic heterocycles. The summed E-state index contributed by atoms with van der Waals surface area (Å²) in [5.41, 5.74) is 0. The van der Waals surface area contributed by atoms with E-state index in [1.807, 2.05) is 0 Å². The number of methoxy groups -OCH3 is 2. The highest BCUT2D eigenvalue weighted by atomic mass is 32.2. The average molecular weight is 354 g/mol. The van der Waals surface area contributed by atoms with Gasteiger partial charge in [-0.2, -0.15) is 4.31 Å². The number of amides is 1. The molecule has 0 unspecified atom stereocenters. The van der Waals surface area contributed by atoms with Gasteiger partial charge in [0.05, 0.1) is 14.2 Å². The molecule has 0 N–H and O–H groups in total. The molecule has 2 aliphatic rings. The molecule has 0 aliphatic carbocycles. The topological polar surface area (TPSA) is 76.2 Å². The molecule has 0 radical (unpaired) electrons. The lowest BCUT2D eigenvalue weighted by Crippen LogP contribution is -2.59. The molecule has 2 fully saturated rings. The van der Waals surface area contributed by atoms with Gasteiger partial charge >= 0.3 is 0 Å². The number of ether oxygens (including phenoxy) is 2. The Hall–Kier alpha value is -1.80. The minimum absolute atomic E-state index is 0.0236. The fraction of sp³-hybridized carbons (Fsp3) is 0.562. The SMILES string of the molecule is COc1ccc(OC)c(S(=O)(=O)N2C[C@H]3CCCN3C(=O)[C@@H]2C)c1. The van der Waals surface area contributed by atoms with Crippen LogP contribution in [0, 0.1) is 0 Å². The Labute approximate surface area is 142 Å². The van der Waals surface area contributed by atoms with Crippen LogP contribution in [0.3, 0.4) is 0 Å². The van der Waals surface area contributed by atoms with Crippen LogP contribution in [-0.2, 0) is 14.8 Å². The van der Waals surface area contributed by atoms with Crippen molar-refractivity contribution in [3.63, 3.8) is 0 Å². The molecule has 2 heterocycles. The molecule has 2 saturated heterocycles. The zero-order valence-corrected chi connectivity index (χ0v) is 14.9. The van der Waals surface area contributed by atoms with Gasteiger partial charge in [-0.3, -0.25) is 4.79 Å². The molecule has 1 aromatic carbocycles. The first-order valence-electron chi connectivity index (χ1n) is 7.94. The van der Waals surface area contributed by atoms with E-state index in [-0.39, 0.29) is 22.6 Å². The van der Waals surface area contributed by atoms with Gasteiger partial charge in [-0.15, -0.1) is 0 Å². The zero-order chi connectivity index (χ0) is 17.5. The van der Waals surface area contributed by atoms with Gasteiger partial charge in [0.25, 0.3) is 0 Å². The Morgan fingerprint density at radius 2 is 1.96 bits per heavy atom. The Balaban J connectivity index is 2.02. The van der Waals surface area contributed by atoms with Crippen molar-refractivity contribution < 1.29 is 22.7 Å². The van der Waals surface area contributed by atoms with Gasteiger partial charge in [-0.1, -0.05) is 0 Å². The highest BCUT2D eigenvalue weighted by molar-refractivity contribution is 7.89. The summed E-state index contributed by atoms with van der Waals surface area (Å²) in [5, 5.41) is 0. The number of nitrogens with zero attached hydrogens (tertiary/aromatic N) is 2. The second-order valence-corrected chi connectivity index (χ2v) is 7.95. The number of fused-ring (bicyclic) bond motifs is 1. The standard InChI is InChI=1S/C16H22N2O5S/c1-11-16(19)17-8-4-5-12(17)10-18(11)24(20,21)15-9-13(22-2)6-7-14(15)23-3/h6-7,9,11-12H,4-5,8,10H2,1-3H3/t11-,12+/m0/s1. The van der Waals surface area contributed by atoms with Gasteiger partial charge in [-0.25, -0.2) is 8.42 Å². The molecular weight excluding hydrogens is 332 g/mol. The third-order valence-corrected chi connectivity index (χ3v) is 6.76. The summed E-state index contributed by atoms with van der Waals surface area (Å²) < 4.78 is 38.0. The van der Waals surface area contributed by atoms with E-state index >= 15 is 0 Å². The van der Waals surface area contributed by atoms with E-state index in [1.54, 1.807) is 24.0 Å². The third-order valence-electron chi connectivity index (χ3n) is 4.80. The van der Waals surface area contributed by atoms with Gasteiger partial charge in [0, 0.05) is 25.2 Å². The summed E-state index contributed by atoms with van der Waals surface area (Å²) in [4.78, 5) is 14.4. The monoisotopic (exact) mass is 354 g/mol. The third kappa shape index (κ3) is 2.63. The summed E-state index contributed by atoms with van der Waals surface area (Å²) in [5.74, 6) is 0.534. The second-order valence-electron chi connectivity index (χ2n) is 6.10. The first kappa shape index (κ1) is 17.0. The lowest BCUT2D eigenvalue weighted by Gasteiger charge is -2.40. The van der Waals surface area contributed by atoms with Crippen LogP contribution in [0.5, 0.6) is 11.5 Å². The molecule has 0 aromatic heterocycles. The fourth-order valence-electron chi connectivity index (χ4n) is 3.46. The zero-order valence-electron chi connectivity index (χ0n) is 14.1. The number of benzene rings is 1. The van der Waals surface area contributed by atoms with Crippen molar-refractivity contribution in [3.05, 3.63) is 18.2 Å². The number of carbonyl (C=O) groups excluding carboxylic acids is 1. The summed E-state index contributed by atoms with van der Waals surface area (Å²) in [7, 11) is -0.982. The van der Waals surface area contributed by atoms with Crippen LogP contribution in [0.4, 0.5) is 0 Å². The smallest absolute Gasteiger partial charge is 0.247 e. The number of sulfonamides is 1. The quantitative estimate of drug-likeness (QED) is 0.809. The maximum atomic E-state index is 13.2. The first-order chi connectivity index (χ1) is 11.4. The number of hydrogen-bond donors (Lipinski definition) is 0. The van der Waals surface area contributed by atoms with E-state index in [9.17, 15) is 13.2 Å². The van der Waals surface area contributed by atoms with Crippen LogP contribution < -0.4 is 9.47 Å². The largest absolute Gasteiger partial charge is 0.497 e. The average Bonchev–Trinajstić information content (AvgIpc) is 3.06. The lowest BCUT2D eigenvalue weighted by molar-refractivity contribution is -0.139. The van der Waals surface area contributed by atoms with Crippen LogP contribution >= 0.6 is 0 Å². The number of carbonyl (C=O) groups is 1. The highest BCUT2D eigenvalue weighted by Gasteiger charge is 2.45. The molecule has 0 spiro atoms. The van der Waals surface area contributed by atoms with Crippen LogP contribution in [0.15, 0.2) is 23.1 Å². The van der Waals surface area contributed by atoms with E-state index < -0.39 is 16.1 Å². The van der Waals surface area contributed by atoms with Crippen LogP contribution in [-0.4, -0.2) is 62.9 Å². The molecule has 24 heavy (non-hydrogen) atoms. The van der Waals surface area contributed by atoms with Gasteiger partial charge in [0.15, 0.2) is 0 Å². The summed E-state index contributed by atoms with van der Waals surface area (Å²) in [6.07, 6.45) is 1.75. The lowest BCUT2D eigenvalue weighted by atomic mass is 10.1. The molecule has 3 rings (SSSR count). The Kier molecular flexibility index (Phi) is 4.44. The molecule has 1 amide bonds. The predicted molar refractivity (Wildman–Crippen MR) is 87.6 cm³/mol. The van der Waals surface area contributed by atoms with Crippen molar-refractivity contribution in [2.24, 2.45) is 0 Å². The second kappa shape index (κ2) is 6.25. The van der Waals surface area contributed by atoms with Gasteiger partial charge in [0.1, 0.15) is 22.4 Å². The number of rotatable bonds is 4.